The van der Waals surface area contributed by atoms with Crippen molar-refractivity contribution in [3.8, 4) is 11.8 Å². The zero-order valence-electron chi connectivity index (χ0n) is 54.4. The molecule has 18 aliphatic rings. The Hall–Kier alpha value is -3.13. The lowest BCUT2D eigenvalue weighted by atomic mass is 9.53. The molecule has 12 heteroatoms. The van der Waals surface area contributed by atoms with Crippen LogP contribution in [0.4, 0.5) is 0 Å². The molecule has 0 aliphatic heterocycles. The molecule has 0 amide bonds. The molecule has 478 valence electrons. The number of hydrogen-bond acceptors (Lipinski definition) is 12. The molecular formula is C76H110N8O2S2. The Balaban J connectivity index is 0.0000000987. The SMILES string of the molecule is CCCSc1ccc(CNC23CC4CC(CC(C4)C2)C3)cn1.COc1ccc(CNC23CC4CC(CC(C4)C2)C3)c(OC)n1.c1cc(C2CCCCC2)ncc1CNC12CC3CC(CC(C3)C1)C2.c1nc(CNC23CC4CC(CC(C4)C2)C3)sc1C1CC1. The van der Waals surface area contributed by atoms with Crippen LogP contribution in [0.15, 0.2) is 60.0 Å². The highest BCUT2D eigenvalue weighted by Crippen LogP contribution is 2.59. The van der Waals surface area contributed by atoms with E-state index in [-0.39, 0.29) is 0 Å². The molecule has 0 saturated heterocycles. The summed E-state index contributed by atoms with van der Waals surface area (Å²) in [6.07, 6.45) is 52.4. The molecule has 4 aromatic heterocycles. The smallest absolute Gasteiger partial charge is 0.220 e. The average molecular weight is 1230 g/mol. The van der Waals surface area contributed by atoms with Crippen LogP contribution in [-0.4, -0.2) is 62.1 Å². The van der Waals surface area contributed by atoms with Crippen LogP contribution in [0.5, 0.6) is 11.8 Å². The molecule has 0 radical (unpaired) electrons. The third kappa shape index (κ3) is 14.2. The quantitative estimate of drug-likeness (QED) is 0.0672. The van der Waals surface area contributed by atoms with Crippen molar-refractivity contribution in [2.45, 2.75) is 278 Å². The van der Waals surface area contributed by atoms with Gasteiger partial charge in [0.05, 0.1) is 19.2 Å². The van der Waals surface area contributed by atoms with E-state index < -0.39 is 0 Å². The molecule has 4 N–H and O–H groups in total. The second-order valence-corrected chi connectivity index (χ2v) is 35.2. The van der Waals surface area contributed by atoms with E-state index in [0.717, 1.165) is 120 Å². The highest BCUT2D eigenvalue weighted by atomic mass is 32.2. The minimum absolute atomic E-state index is 0.375. The summed E-state index contributed by atoms with van der Waals surface area (Å²) in [5.74, 6) is 16.2. The largest absolute Gasteiger partial charge is 0.481 e. The Morgan fingerprint density at radius 1 is 0.455 bits per heavy atom. The van der Waals surface area contributed by atoms with Gasteiger partial charge < -0.3 is 30.7 Å². The predicted octanol–water partition coefficient (Wildman–Crippen LogP) is 17.1. The van der Waals surface area contributed by atoms with Crippen LogP contribution in [-0.2, 0) is 26.2 Å². The number of pyridine rings is 3. The van der Waals surface area contributed by atoms with Crippen LogP contribution in [0.25, 0.3) is 0 Å². The summed E-state index contributed by atoms with van der Waals surface area (Å²) in [5.41, 5.74) is 6.98. The molecule has 18 fully saturated rings. The number of hydrogen-bond donors (Lipinski definition) is 4. The van der Waals surface area contributed by atoms with Crippen molar-refractivity contribution < 1.29 is 9.47 Å². The van der Waals surface area contributed by atoms with Crippen LogP contribution in [0.3, 0.4) is 0 Å². The maximum atomic E-state index is 5.43. The zero-order valence-corrected chi connectivity index (χ0v) is 56.0. The number of thioether (sulfide) groups is 1. The second-order valence-electron chi connectivity index (χ2n) is 32.9. The van der Waals surface area contributed by atoms with Gasteiger partial charge >= 0.3 is 0 Å². The molecule has 18 saturated carbocycles. The fourth-order valence-corrected chi connectivity index (χ4v) is 25.0. The van der Waals surface area contributed by atoms with Gasteiger partial charge in [0.1, 0.15) is 5.01 Å². The molecule has 4 heterocycles. The summed E-state index contributed by atoms with van der Waals surface area (Å²) in [6, 6.07) is 13.1. The van der Waals surface area contributed by atoms with Crippen molar-refractivity contribution in [3.05, 3.63) is 87.3 Å². The normalized spacial score (nSPS) is 38.0. The van der Waals surface area contributed by atoms with Crippen molar-refractivity contribution in [3.63, 3.8) is 0 Å². The molecule has 88 heavy (non-hydrogen) atoms. The van der Waals surface area contributed by atoms with Crippen LogP contribution in [0, 0.1) is 71.0 Å². The van der Waals surface area contributed by atoms with Gasteiger partial charge in [0.15, 0.2) is 0 Å². The lowest BCUT2D eigenvalue weighted by Crippen LogP contribution is -2.58. The lowest BCUT2D eigenvalue weighted by molar-refractivity contribution is -0.0208. The average Bonchev–Trinajstić information content (AvgIpc) is 1.26. The third-order valence-corrected chi connectivity index (χ3v) is 28.1. The first-order valence-corrected chi connectivity index (χ1v) is 38.4. The highest BCUT2D eigenvalue weighted by molar-refractivity contribution is 7.99. The van der Waals surface area contributed by atoms with Crippen LogP contribution in [0.1, 0.15) is 256 Å². The fourth-order valence-electron chi connectivity index (χ4n) is 23.3. The number of ether oxygens (including phenoxy) is 2. The molecule has 0 aromatic carbocycles. The summed E-state index contributed by atoms with van der Waals surface area (Å²) in [7, 11) is 3.31. The van der Waals surface area contributed by atoms with Gasteiger partial charge in [-0.2, -0.15) is 4.98 Å². The standard InChI is InChI=1S/C22H32N2.C19H28N2S.C18H26N2O2.C17H24N2S/c1-2-4-20(5-3-1)21-7-6-16(14-23-21)15-24-22-11-17-8-18(12-22)10-19(9-17)13-22;1-2-5-22-18-4-3-14(12-20-18)13-21-19-9-15-6-16(10-19)8-17(7-15)11-19;1-21-16-4-3-15(17(20-16)22-2)11-19-18-8-12-5-13(9-18)7-14(6-12)10-18;1-2-14(1)15-9-18-16(20-15)10-19-17-6-11-3-12(7-17)5-13(4-11)8-17/h6-7,14,17-20,24H,1-5,8-13,15H2;3-4,12,15-17,21H,2,5-11,13H2,1H3;3-4,12-14,19H,5-11H2,1-2H3;9,11-14,19H,1-8,10H2. The molecule has 18 aliphatic carbocycles. The maximum Gasteiger partial charge on any atom is 0.220 e. The molecule has 0 unspecified atom stereocenters. The van der Waals surface area contributed by atoms with E-state index >= 15 is 0 Å². The van der Waals surface area contributed by atoms with Gasteiger partial charge in [-0.25, -0.2) is 9.97 Å². The topological polar surface area (TPSA) is 118 Å². The van der Waals surface area contributed by atoms with Gasteiger partial charge in [-0.1, -0.05) is 38.3 Å². The third-order valence-electron chi connectivity index (χ3n) is 25.7. The molecule has 0 atom stereocenters. The van der Waals surface area contributed by atoms with E-state index in [1.165, 1.54) is 237 Å². The Morgan fingerprint density at radius 2 is 0.898 bits per heavy atom. The van der Waals surface area contributed by atoms with E-state index in [4.69, 9.17) is 14.5 Å². The van der Waals surface area contributed by atoms with Gasteiger partial charge in [0.2, 0.25) is 11.8 Å². The van der Waals surface area contributed by atoms with Gasteiger partial charge in [0, 0.05) is 95.0 Å². The summed E-state index contributed by atoms with van der Waals surface area (Å²) in [4.78, 5) is 20.0. The zero-order chi connectivity index (χ0) is 59.3. The van der Waals surface area contributed by atoms with E-state index in [2.05, 4.69) is 92.1 Å². The molecule has 22 rings (SSSR count). The summed E-state index contributed by atoms with van der Waals surface area (Å²) >= 11 is 3.82. The van der Waals surface area contributed by atoms with Gasteiger partial charge in [-0.15, -0.1) is 23.1 Å². The van der Waals surface area contributed by atoms with Crippen LogP contribution < -0.4 is 30.7 Å². The minimum Gasteiger partial charge on any atom is -0.481 e. The monoisotopic (exact) mass is 1230 g/mol. The number of nitrogens with one attached hydrogen (secondary N) is 4. The van der Waals surface area contributed by atoms with Crippen LogP contribution >= 0.6 is 23.1 Å². The number of nitrogens with zero attached hydrogens (tertiary/aromatic N) is 4. The molecule has 0 spiro atoms. The fraction of sp³-hybridized carbons (Fsp3) is 0.763. The minimum atomic E-state index is 0.375. The maximum absolute atomic E-state index is 5.43. The van der Waals surface area contributed by atoms with Crippen molar-refractivity contribution in [1.29, 1.82) is 0 Å². The number of methoxy groups -OCH3 is 2. The van der Waals surface area contributed by atoms with Crippen molar-refractivity contribution in [2.75, 3.05) is 20.0 Å². The first-order valence-electron chi connectivity index (χ1n) is 36.6. The summed E-state index contributed by atoms with van der Waals surface area (Å²) in [6.45, 7) is 6.09. The predicted molar refractivity (Wildman–Crippen MR) is 358 cm³/mol. The number of rotatable bonds is 19. The summed E-state index contributed by atoms with van der Waals surface area (Å²) in [5, 5.41) is 18.3. The first-order chi connectivity index (χ1) is 43.0. The molecule has 16 bridgehead atoms. The Morgan fingerprint density at radius 3 is 1.30 bits per heavy atom. The van der Waals surface area contributed by atoms with Gasteiger partial charge in [-0.3, -0.25) is 4.98 Å². The Kier molecular flexibility index (Phi) is 18.3. The van der Waals surface area contributed by atoms with Crippen molar-refractivity contribution in [2.24, 2.45) is 71.0 Å². The van der Waals surface area contributed by atoms with Gasteiger partial charge in [0.25, 0.3) is 0 Å². The Labute approximate surface area is 538 Å². The number of aromatic nitrogens is 4. The second kappa shape index (κ2) is 26.3. The molecule has 10 nitrogen and oxygen atoms in total. The summed E-state index contributed by atoms with van der Waals surface area (Å²) < 4.78 is 10.6. The van der Waals surface area contributed by atoms with E-state index in [1.54, 1.807) is 14.2 Å². The number of thiazole rings is 1. The highest BCUT2D eigenvalue weighted by Gasteiger charge is 2.54. The molecule has 4 aromatic rings. The Bertz CT molecular complexity index is 2810. The van der Waals surface area contributed by atoms with E-state index in [0.29, 0.717) is 33.9 Å². The van der Waals surface area contributed by atoms with Gasteiger partial charge in [-0.05, 0) is 298 Å². The molecular weight excluding hydrogens is 1120 g/mol. The van der Waals surface area contributed by atoms with Crippen molar-refractivity contribution >= 4 is 23.1 Å². The lowest BCUT2D eigenvalue weighted by Gasteiger charge is -2.57. The van der Waals surface area contributed by atoms with Crippen LogP contribution in [0.2, 0.25) is 0 Å². The first kappa shape index (κ1) is 61.1. The van der Waals surface area contributed by atoms with E-state index in [1.807, 2.05) is 29.2 Å². The van der Waals surface area contributed by atoms with E-state index in [9.17, 15) is 0 Å². The van der Waals surface area contributed by atoms with Crippen molar-refractivity contribution in [1.82, 2.24) is 41.2 Å².